The molecule has 1 unspecified atom stereocenters. The summed E-state index contributed by atoms with van der Waals surface area (Å²) in [6.45, 7) is 2.68. The van der Waals surface area contributed by atoms with Gasteiger partial charge >= 0.3 is 0 Å². The van der Waals surface area contributed by atoms with Gasteiger partial charge in [0.15, 0.2) is 11.6 Å². The first kappa shape index (κ1) is 19.0. The van der Waals surface area contributed by atoms with Crippen molar-refractivity contribution in [2.24, 2.45) is 0 Å². The van der Waals surface area contributed by atoms with E-state index in [1.54, 1.807) is 19.2 Å². The van der Waals surface area contributed by atoms with E-state index in [4.69, 9.17) is 9.47 Å². The fourth-order valence-corrected chi connectivity index (χ4v) is 2.96. The molecule has 0 spiro atoms. The van der Waals surface area contributed by atoms with Crippen molar-refractivity contribution >= 4 is 17.4 Å². The van der Waals surface area contributed by atoms with Gasteiger partial charge in [-0.15, -0.1) is 0 Å². The van der Waals surface area contributed by atoms with Crippen LogP contribution in [0.25, 0.3) is 5.65 Å². The smallest absolute Gasteiger partial charge is 0.216 e. The van der Waals surface area contributed by atoms with E-state index in [1.165, 1.54) is 12.1 Å². The Labute approximate surface area is 166 Å². The van der Waals surface area contributed by atoms with Gasteiger partial charge in [-0.3, -0.25) is 9.50 Å². The van der Waals surface area contributed by atoms with Crippen LogP contribution in [0.15, 0.2) is 48.7 Å². The van der Waals surface area contributed by atoms with Crippen LogP contribution in [-0.2, 0) is 9.47 Å². The number of hydrogen-bond acceptors (Lipinski definition) is 6. The van der Waals surface area contributed by atoms with Gasteiger partial charge in [0.05, 0.1) is 13.2 Å². The van der Waals surface area contributed by atoms with Crippen LogP contribution in [0.2, 0.25) is 0 Å². The van der Waals surface area contributed by atoms with Gasteiger partial charge in [-0.2, -0.15) is 10.1 Å². The zero-order valence-corrected chi connectivity index (χ0v) is 16.1. The van der Waals surface area contributed by atoms with E-state index in [9.17, 15) is 4.39 Å². The SMILES string of the molecule is COCCOC(c1ccc(F)cc1)c1nc(Nc2cc(C)[nH]n2)n2cccc2n1. The third-order valence-electron chi connectivity index (χ3n) is 4.33. The maximum atomic E-state index is 13.4. The first-order chi connectivity index (χ1) is 14.1. The van der Waals surface area contributed by atoms with Gasteiger partial charge in [-0.25, -0.2) is 9.37 Å². The number of hydrogen-bond donors (Lipinski definition) is 2. The predicted molar refractivity (Wildman–Crippen MR) is 106 cm³/mol. The first-order valence-electron chi connectivity index (χ1n) is 9.14. The molecule has 0 radical (unpaired) electrons. The van der Waals surface area contributed by atoms with Crippen LogP contribution in [0.5, 0.6) is 0 Å². The van der Waals surface area contributed by atoms with Gasteiger partial charge in [0.2, 0.25) is 5.95 Å². The summed E-state index contributed by atoms with van der Waals surface area (Å²) >= 11 is 0. The number of halogens is 1. The molecule has 0 bridgehead atoms. The maximum Gasteiger partial charge on any atom is 0.216 e. The molecular formula is C20H21FN6O2. The Balaban J connectivity index is 1.74. The maximum absolute atomic E-state index is 13.4. The zero-order valence-electron chi connectivity index (χ0n) is 16.1. The predicted octanol–water partition coefficient (Wildman–Crippen LogP) is 3.40. The third-order valence-corrected chi connectivity index (χ3v) is 4.33. The van der Waals surface area contributed by atoms with Gasteiger partial charge in [0, 0.05) is 25.1 Å². The minimum atomic E-state index is -0.577. The van der Waals surface area contributed by atoms with Crippen molar-refractivity contribution in [3.8, 4) is 0 Å². The number of rotatable bonds is 8. The van der Waals surface area contributed by atoms with Crippen LogP contribution in [0, 0.1) is 12.7 Å². The molecule has 2 N–H and O–H groups in total. The standard InChI is InChI=1S/C20H21FN6O2/c1-13-12-16(26-25-13)22-20-24-19(23-17-4-3-9-27(17)20)18(29-11-10-28-2)14-5-7-15(21)8-6-14/h3-9,12,18H,10-11H2,1-2H3,(H2,22,23,24,25,26). The summed E-state index contributed by atoms with van der Waals surface area (Å²) in [4.78, 5) is 9.33. The largest absolute Gasteiger partial charge is 0.382 e. The average Bonchev–Trinajstić information content (AvgIpc) is 3.35. The summed E-state index contributed by atoms with van der Waals surface area (Å²) in [7, 11) is 1.60. The molecule has 0 aliphatic heterocycles. The molecule has 1 aromatic carbocycles. The summed E-state index contributed by atoms with van der Waals surface area (Å²) in [5, 5.41) is 10.3. The first-order valence-corrected chi connectivity index (χ1v) is 9.14. The quantitative estimate of drug-likeness (QED) is 0.444. The van der Waals surface area contributed by atoms with E-state index < -0.39 is 6.10 Å². The van der Waals surface area contributed by atoms with Crippen LogP contribution in [0.1, 0.15) is 23.2 Å². The molecule has 0 aliphatic rings. The Morgan fingerprint density at radius 3 is 2.72 bits per heavy atom. The van der Waals surface area contributed by atoms with Crippen LogP contribution >= 0.6 is 0 Å². The molecule has 0 aliphatic carbocycles. The molecule has 150 valence electrons. The van der Waals surface area contributed by atoms with Crippen molar-refractivity contribution in [2.45, 2.75) is 13.0 Å². The second-order valence-electron chi connectivity index (χ2n) is 6.50. The molecule has 8 nitrogen and oxygen atoms in total. The van der Waals surface area contributed by atoms with Gasteiger partial charge in [0.25, 0.3) is 0 Å². The highest BCUT2D eigenvalue weighted by molar-refractivity contribution is 5.54. The fraction of sp³-hybridized carbons (Fsp3) is 0.250. The molecular weight excluding hydrogens is 375 g/mol. The number of ether oxygens (including phenoxy) is 2. The fourth-order valence-electron chi connectivity index (χ4n) is 2.96. The van der Waals surface area contributed by atoms with Gasteiger partial charge in [0.1, 0.15) is 17.6 Å². The highest BCUT2D eigenvalue weighted by atomic mass is 19.1. The number of nitrogens with one attached hydrogen (secondary N) is 2. The Morgan fingerprint density at radius 2 is 2.00 bits per heavy atom. The Bertz CT molecular complexity index is 1090. The lowest BCUT2D eigenvalue weighted by Crippen LogP contribution is -2.16. The molecule has 1 atom stereocenters. The van der Waals surface area contributed by atoms with Gasteiger partial charge in [-0.05, 0) is 36.8 Å². The lowest BCUT2D eigenvalue weighted by Gasteiger charge is -2.18. The minimum Gasteiger partial charge on any atom is -0.382 e. The summed E-state index contributed by atoms with van der Waals surface area (Å²) in [5.74, 6) is 1.32. The van der Waals surface area contributed by atoms with Crippen LogP contribution < -0.4 is 5.32 Å². The Kier molecular flexibility index (Phi) is 5.50. The van der Waals surface area contributed by atoms with Crippen LogP contribution in [0.4, 0.5) is 16.2 Å². The van der Waals surface area contributed by atoms with Crippen molar-refractivity contribution in [3.05, 3.63) is 71.6 Å². The van der Waals surface area contributed by atoms with Crippen molar-refractivity contribution in [1.82, 2.24) is 24.6 Å². The van der Waals surface area contributed by atoms with E-state index in [0.717, 1.165) is 11.3 Å². The van der Waals surface area contributed by atoms with E-state index in [1.807, 2.05) is 35.7 Å². The number of aromatic nitrogens is 5. The summed E-state index contributed by atoms with van der Waals surface area (Å²) in [6.07, 6.45) is 1.28. The number of anilines is 2. The normalized spacial score (nSPS) is 12.4. The Hall–Kier alpha value is -3.30. The molecule has 4 rings (SSSR count). The van der Waals surface area contributed by atoms with Crippen molar-refractivity contribution in [1.29, 1.82) is 0 Å². The molecule has 0 amide bonds. The minimum absolute atomic E-state index is 0.316. The summed E-state index contributed by atoms with van der Waals surface area (Å²) < 4.78 is 26.3. The topological polar surface area (TPSA) is 89.4 Å². The zero-order chi connectivity index (χ0) is 20.2. The monoisotopic (exact) mass is 396 g/mol. The number of benzene rings is 1. The molecule has 3 heterocycles. The second kappa shape index (κ2) is 8.38. The second-order valence-corrected chi connectivity index (χ2v) is 6.50. The number of fused-ring (bicyclic) bond motifs is 1. The lowest BCUT2D eigenvalue weighted by atomic mass is 10.1. The number of aromatic amines is 1. The molecule has 0 saturated carbocycles. The van der Waals surface area contributed by atoms with Crippen molar-refractivity contribution in [2.75, 3.05) is 25.6 Å². The van der Waals surface area contributed by atoms with Crippen molar-refractivity contribution < 1.29 is 13.9 Å². The number of H-pyrrole nitrogens is 1. The highest BCUT2D eigenvalue weighted by Crippen LogP contribution is 2.26. The molecule has 3 aromatic heterocycles. The lowest BCUT2D eigenvalue weighted by molar-refractivity contribution is 0.0318. The summed E-state index contributed by atoms with van der Waals surface area (Å²) in [6, 6.07) is 11.8. The van der Waals surface area contributed by atoms with E-state index in [-0.39, 0.29) is 5.82 Å². The molecule has 0 saturated heterocycles. The molecule has 4 aromatic rings. The van der Waals surface area contributed by atoms with E-state index in [2.05, 4.69) is 25.5 Å². The van der Waals surface area contributed by atoms with Crippen LogP contribution in [-0.4, -0.2) is 44.9 Å². The average molecular weight is 396 g/mol. The van der Waals surface area contributed by atoms with E-state index >= 15 is 0 Å². The highest BCUT2D eigenvalue weighted by Gasteiger charge is 2.21. The van der Waals surface area contributed by atoms with Crippen molar-refractivity contribution in [3.63, 3.8) is 0 Å². The molecule has 9 heteroatoms. The number of nitrogens with zero attached hydrogens (tertiary/aromatic N) is 4. The van der Waals surface area contributed by atoms with E-state index in [0.29, 0.717) is 36.5 Å². The molecule has 0 fully saturated rings. The van der Waals surface area contributed by atoms with Crippen LogP contribution in [0.3, 0.4) is 0 Å². The Morgan fingerprint density at radius 1 is 1.17 bits per heavy atom. The number of aryl methyl sites for hydroxylation is 1. The summed E-state index contributed by atoms with van der Waals surface area (Å²) in [5.41, 5.74) is 2.38. The number of methoxy groups -OCH3 is 1. The van der Waals surface area contributed by atoms with Gasteiger partial charge < -0.3 is 14.8 Å². The van der Waals surface area contributed by atoms with Gasteiger partial charge in [-0.1, -0.05) is 12.1 Å². The third kappa shape index (κ3) is 4.25. The molecule has 29 heavy (non-hydrogen) atoms.